The first-order valence-electron chi connectivity index (χ1n) is 10.6. The van der Waals surface area contributed by atoms with Crippen LogP contribution < -0.4 is 4.74 Å². The Hall–Kier alpha value is -4.45. The number of aromatic nitrogens is 6. The van der Waals surface area contributed by atoms with Crippen LogP contribution in [-0.4, -0.2) is 36.1 Å². The molecule has 12 heteroatoms. The van der Waals surface area contributed by atoms with E-state index in [1.165, 1.54) is 16.8 Å². The number of halogens is 2. The fourth-order valence-corrected chi connectivity index (χ4v) is 3.69. The third-order valence-corrected chi connectivity index (χ3v) is 5.56. The van der Waals surface area contributed by atoms with Gasteiger partial charge >= 0.3 is 0 Å². The Balaban J connectivity index is 1.38. The van der Waals surface area contributed by atoms with E-state index >= 15 is 0 Å². The molecule has 36 heavy (non-hydrogen) atoms. The number of benzene rings is 3. The number of para-hydroxylation sites is 2. The van der Waals surface area contributed by atoms with Gasteiger partial charge in [0.1, 0.15) is 0 Å². The molecule has 0 saturated heterocycles. The molecule has 0 saturated carbocycles. The van der Waals surface area contributed by atoms with Crippen molar-refractivity contribution in [3.8, 4) is 23.0 Å². The minimum absolute atomic E-state index is 0.0646. The number of ether oxygens (including phenoxy) is 1. The molecule has 0 bridgehead atoms. The topological polar surface area (TPSA) is 113 Å². The van der Waals surface area contributed by atoms with E-state index in [1.54, 1.807) is 37.4 Å². The molecule has 0 aliphatic heterocycles. The Labute approximate surface area is 212 Å². The second kappa shape index (κ2) is 10.4. The fourth-order valence-electron chi connectivity index (χ4n) is 3.24. The summed E-state index contributed by atoms with van der Waals surface area (Å²) in [6, 6.07) is 20.7. The summed E-state index contributed by atoms with van der Waals surface area (Å²) >= 11 is 3.44. The van der Waals surface area contributed by atoms with Crippen molar-refractivity contribution in [2.75, 3.05) is 0 Å². The first-order valence-corrected chi connectivity index (χ1v) is 11.4. The molecule has 0 aliphatic carbocycles. The largest absolute Gasteiger partial charge is 0.452 e. The van der Waals surface area contributed by atoms with Crippen LogP contribution in [0.4, 0.5) is 4.39 Å². The van der Waals surface area contributed by atoms with Crippen molar-refractivity contribution < 1.29 is 18.4 Å². The summed E-state index contributed by atoms with van der Waals surface area (Å²) in [6.45, 7) is -0.105. The highest BCUT2D eigenvalue weighted by molar-refractivity contribution is 9.10. The van der Waals surface area contributed by atoms with Gasteiger partial charge in [0.25, 0.3) is 11.8 Å². The molecule has 3 aromatic carbocycles. The zero-order chi connectivity index (χ0) is 24.9. The molecule has 0 aliphatic rings. The summed E-state index contributed by atoms with van der Waals surface area (Å²) in [6.07, 6.45) is 0. The molecule has 0 unspecified atom stereocenters. The Kier molecular flexibility index (Phi) is 6.76. The van der Waals surface area contributed by atoms with E-state index in [9.17, 15) is 4.39 Å². The lowest BCUT2D eigenvalue weighted by Gasteiger charge is -2.11. The zero-order valence-corrected chi connectivity index (χ0v) is 20.3. The van der Waals surface area contributed by atoms with Crippen molar-refractivity contribution in [2.45, 2.75) is 6.61 Å². The van der Waals surface area contributed by atoms with Crippen LogP contribution in [0.25, 0.3) is 11.5 Å². The standard InChI is InChI=1S/C24H17BrFN7O3/c1-33-23(28-31-32-33)21(15-8-3-2-4-9-15)30-34-14-20-27-29-24(36-20)16-10-7-11-17(25)22(16)35-19-13-6-5-12-18(19)26/h2-13H,14H2,1H3/b30-21-. The Morgan fingerprint density at radius 3 is 2.58 bits per heavy atom. The van der Waals surface area contributed by atoms with E-state index in [1.807, 2.05) is 30.3 Å². The normalized spacial score (nSPS) is 11.5. The van der Waals surface area contributed by atoms with Gasteiger partial charge in [0.05, 0.1) is 10.0 Å². The van der Waals surface area contributed by atoms with Crippen LogP contribution in [0.5, 0.6) is 11.5 Å². The summed E-state index contributed by atoms with van der Waals surface area (Å²) < 4.78 is 27.9. The van der Waals surface area contributed by atoms with Gasteiger partial charge in [-0.3, -0.25) is 0 Å². The van der Waals surface area contributed by atoms with Gasteiger partial charge in [0, 0.05) is 12.6 Å². The number of hydrogen-bond acceptors (Lipinski definition) is 9. The summed E-state index contributed by atoms with van der Waals surface area (Å²) in [5.41, 5.74) is 1.69. The second-order valence-electron chi connectivity index (χ2n) is 7.36. The Bertz CT molecular complexity index is 1520. The number of rotatable bonds is 8. The van der Waals surface area contributed by atoms with Crippen LogP contribution in [0.2, 0.25) is 0 Å². The molecular formula is C24H17BrFN7O3. The molecule has 2 heterocycles. The summed E-state index contributed by atoms with van der Waals surface area (Å²) in [4.78, 5) is 5.52. The van der Waals surface area contributed by atoms with Gasteiger partial charge in [-0.1, -0.05) is 53.7 Å². The minimum atomic E-state index is -0.496. The molecular weight excluding hydrogens is 533 g/mol. The number of tetrazole rings is 1. The maximum absolute atomic E-state index is 14.2. The first kappa shape index (κ1) is 23.3. The fraction of sp³-hybridized carbons (Fsp3) is 0.0833. The van der Waals surface area contributed by atoms with Gasteiger partial charge in [-0.15, -0.1) is 15.3 Å². The lowest BCUT2D eigenvalue weighted by atomic mass is 10.1. The van der Waals surface area contributed by atoms with Crippen LogP contribution in [0.1, 0.15) is 17.3 Å². The molecule has 5 aromatic rings. The van der Waals surface area contributed by atoms with Gasteiger partial charge in [-0.2, -0.15) is 0 Å². The number of hydrogen-bond donors (Lipinski definition) is 0. The minimum Gasteiger partial charge on any atom is -0.452 e. The Morgan fingerprint density at radius 2 is 1.81 bits per heavy atom. The Morgan fingerprint density at radius 1 is 1.00 bits per heavy atom. The highest BCUT2D eigenvalue weighted by atomic mass is 79.9. The van der Waals surface area contributed by atoms with Crippen molar-refractivity contribution in [1.29, 1.82) is 0 Å². The molecule has 0 atom stereocenters. The highest BCUT2D eigenvalue weighted by Gasteiger charge is 2.19. The van der Waals surface area contributed by atoms with E-state index in [0.717, 1.165) is 5.56 Å². The predicted molar refractivity (Wildman–Crippen MR) is 130 cm³/mol. The maximum Gasteiger partial charge on any atom is 0.257 e. The van der Waals surface area contributed by atoms with Crippen molar-refractivity contribution in [1.82, 2.24) is 30.4 Å². The van der Waals surface area contributed by atoms with Gasteiger partial charge in [-0.05, 0) is 50.6 Å². The zero-order valence-electron chi connectivity index (χ0n) is 18.7. The van der Waals surface area contributed by atoms with E-state index < -0.39 is 5.82 Å². The molecule has 180 valence electrons. The van der Waals surface area contributed by atoms with Crippen LogP contribution in [0, 0.1) is 5.82 Å². The van der Waals surface area contributed by atoms with Crippen molar-refractivity contribution in [2.24, 2.45) is 12.2 Å². The molecule has 2 aromatic heterocycles. The van der Waals surface area contributed by atoms with Gasteiger partial charge < -0.3 is 14.0 Å². The summed E-state index contributed by atoms with van der Waals surface area (Å²) in [5.74, 6) is 0.674. The number of oxime groups is 1. The van der Waals surface area contributed by atoms with Crippen molar-refractivity contribution in [3.63, 3.8) is 0 Å². The molecule has 0 amide bonds. The molecule has 10 nitrogen and oxygen atoms in total. The monoisotopic (exact) mass is 549 g/mol. The molecule has 0 fully saturated rings. The van der Waals surface area contributed by atoms with Gasteiger partial charge in [0.15, 0.2) is 29.6 Å². The van der Waals surface area contributed by atoms with Gasteiger partial charge in [0.2, 0.25) is 5.82 Å². The van der Waals surface area contributed by atoms with Gasteiger partial charge in [-0.25, -0.2) is 9.07 Å². The number of aryl methyl sites for hydroxylation is 1. The summed E-state index contributed by atoms with van der Waals surface area (Å²) in [7, 11) is 1.71. The lowest BCUT2D eigenvalue weighted by molar-refractivity contribution is 0.111. The van der Waals surface area contributed by atoms with Crippen LogP contribution >= 0.6 is 15.9 Å². The third kappa shape index (κ3) is 4.98. The molecule has 0 radical (unpaired) electrons. The third-order valence-electron chi connectivity index (χ3n) is 4.94. The van der Waals surface area contributed by atoms with Crippen molar-refractivity contribution >= 4 is 21.6 Å². The molecule has 0 spiro atoms. The SMILES string of the molecule is Cn1nnnc1/C(=N\OCc1nnc(-c2cccc(Br)c2Oc2ccccc2F)o1)c1ccccc1. The van der Waals surface area contributed by atoms with E-state index in [2.05, 4.69) is 46.8 Å². The average Bonchev–Trinajstić information content (AvgIpc) is 3.54. The second-order valence-corrected chi connectivity index (χ2v) is 8.21. The molecule has 5 rings (SSSR count). The number of nitrogens with zero attached hydrogens (tertiary/aromatic N) is 7. The highest BCUT2D eigenvalue weighted by Crippen LogP contribution is 2.39. The van der Waals surface area contributed by atoms with E-state index in [-0.39, 0.29) is 24.1 Å². The van der Waals surface area contributed by atoms with Crippen LogP contribution in [0.15, 0.2) is 86.8 Å². The first-order chi connectivity index (χ1) is 17.6. The van der Waals surface area contributed by atoms with Crippen LogP contribution in [0.3, 0.4) is 0 Å². The smallest absolute Gasteiger partial charge is 0.257 e. The van der Waals surface area contributed by atoms with E-state index in [0.29, 0.717) is 27.3 Å². The predicted octanol–water partition coefficient (Wildman–Crippen LogP) is 4.92. The van der Waals surface area contributed by atoms with E-state index in [4.69, 9.17) is 14.0 Å². The maximum atomic E-state index is 14.2. The average molecular weight is 550 g/mol. The summed E-state index contributed by atoms with van der Waals surface area (Å²) in [5, 5.41) is 23.9. The molecule has 0 N–H and O–H groups in total. The van der Waals surface area contributed by atoms with Crippen molar-refractivity contribution in [3.05, 3.63) is 100 Å². The lowest BCUT2D eigenvalue weighted by Crippen LogP contribution is -2.12. The van der Waals surface area contributed by atoms with Crippen LogP contribution in [-0.2, 0) is 18.5 Å². The quantitative estimate of drug-likeness (QED) is 0.198.